The number of nitrogens with one attached hydrogen (secondary N) is 1. The number of hydrogen-bond donors (Lipinski definition) is 1. The molecule has 196 valence electrons. The fourth-order valence-corrected chi connectivity index (χ4v) is 4.54. The summed E-state index contributed by atoms with van der Waals surface area (Å²) < 4.78 is 26.2. The molecule has 0 aromatic heterocycles. The first-order valence-electron chi connectivity index (χ1n) is 11.1. The zero-order valence-corrected chi connectivity index (χ0v) is 22.7. The van der Waals surface area contributed by atoms with Gasteiger partial charge in [0.25, 0.3) is 5.69 Å². The van der Waals surface area contributed by atoms with Crippen molar-refractivity contribution in [3.05, 3.63) is 68.7 Å². The molecule has 0 aliphatic carbocycles. The number of amides is 2. The van der Waals surface area contributed by atoms with Crippen LogP contribution in [0.2, 0.25) is 5.02 Å². The summed E-state index contributed by atoms with van der Waals surface area (Å²) in [6.45, 7) is 7.81. The van der Waals surface area contributed by atoms with Gasteiger partial charge in [0.05, 0.1) is 16.9 Å². The largest absolute Gasteiger partial charge is 0.350 e. The molecule has 0 fully saturated rings. The number of sulfonamides is 1. The minimum absolute atomic E-state index is 0.00420. The molecule has 36 heavy (non-hydrogen) atoms. The molecule has 0 aliphatic heterocycles. The van der Waals surface area contributed by atoms with Crippen LogP contribution in [0, 0.1) is 17.0 Å². The van der Waals surface area contributed by atoms with Crippen LogP contribution in [0.15, 0.2) is 42.5 Å². The van der Waals surface area contributed by atoms with Crippen molar-refractivity contribution in [2.24, 2.45) is 0 Å². The Hall–Kier alpha value is -3.18. The highest BCUT2D eigenvalue weighted by Crippen LogP contribution is 2.28. The molecule has 12 heteroatoms. The molecular formula is C24H31ClN4O6S. The zero-order valence-electron chi connectivity index (χ0n) is 21.1. The minimum Gasteiger partial charge on any atom is -0.350 e. The molecule has 1 unspecified atom stereocenters. The van der Waals surface area contributed by atoms with E-state index in [-0.39, 0.29) is 17.9 Å². The van der Waals surface area contributed by atoms with Gasteiger partial charge in [0.1, 0.15) is 12.6 Å². The summed E-state index contributed by atoms with van der Waals surface area (Å²) in [6.07, 6.45) is 0.909. The lowest BCUT2D eigenvalue weighted by Crippen LogP contribution is -2.54. The van der Waals surface area contributed by atoms with E-state index in [0.29, 0.717) is 16.1 Å². The van der Waals surface area contributed by atoms with Crippen molar-refractivity contribution in [3.63, 3.8) is 0 Å². The first-order valence-corrected chi connectivity index (χ1v) is 13.3. The second-order valence-electron chi connectivity index (χ2n) is 9.53. The average molecular weight is 539 g/mol. The number of carbonyl (C=O) groups excluding carboxylic acids is 2. The van der Waals surface area contributed by atoms with Crippen LogP contribution in [0.3, 0.4) is 0 Å². The molecule has 2 amide bonds. The molecule has 0 bridgehead atoms. The first-order chi connectivity index (χ1) is 16.5. The Kier molecular flexibility index (Phi) is 9.08. The van der Waals surface area contributed by atoms with Crippen molar-refractivity contribution in [2.45, 2.75) is 52.7 Å². The third-order valence-electron chi connectivity index (χ3n) is 5.32. The number of rotatable bonds is 9. The van der Waals surface area contributed by atoms with Gasteiger partial charge in [-0.3, -0.25) is 24.0 Å². The van der Waals surface area contributed by atoms with Crippen molar-refractivity contribution in [2.75, 3.05) is 17.1 Å². The molecule has 0 saturated carbocycles. The molecule has 0 heterocycles. The molecule has 2 aromatic carbocycles. The van der Waals surface area contributed by atoms with E-state index in [2.05, 4.69) is 5.32 Å². The summed E-state index contributed by atoms with van der Waals surface area (Å²) in [4.78, 5) is 38.4. The number of hydrogen-bond acceptors (Lipinski definition) is 6. The number of anilines is 1. The van der Waals surface area contributed by atoms with Gasteiger partial charge in [-0.1, -0.05) is 35.9 Å². The van der Waals surface area contributed by atoms with Gasteiger partial charge in [-0.25, -0.2) is 8.42 Å². The van der Waals surface area contributed by atoms with Gasteiger partial charge < -0.3 is 10.2 Å². The van der Waals surface area contributed by atoms with Crippen LogP contribution < -0.4 is 9.62 Å². The van der Waals surface area contributed by atoms with E-state index < -0.39 is 44.9 Å². The van der Waals surface area contributed by atoms with Crippen LogP contribution in [-0.2, 0) is 26.2 Å². The van der Waals surface area contributed by atoms with Crippen LogP contribution >= 0.6 is 11.6 Å². The Morgan fingerprint density at radius 3 is 2.31 bits per heavy atom. The minimum atomic E-state index is -4.03. The van der Waals surface area contributed by atoms with Crippen LogP contribution in [-0.4, -0.2) is 54.4 Å². The topological polar surface area (TPSA) is 130 Å². The molecule has 2 aromatic rings. The molecular weight excluding hydrogens is 508 g/mol. The quantitative estimate of drug-likeness (QED) is 0.383. The molecule has 0 saturated heterocycles. The Bertz CT molecular complexity index is 1260. The summed E-state index contributed by atoms with van der Waals surface area (Å²) in [5.41, 5.74) is 0.117. The highest BCUT2D eigenvalue weighted by Gasteiger charge is 2.32. The van der Waals surface area contributed by atoms with Crippen molar-refractivity contribution in [3.8, 4) is 0 Å². The average Bonchev–Trinajstić information content (AvgIpc) is 2.74. The predicted octanol–water partition coefficient (Wildman–Crippen LogP) is 3.65. The van der Waals surface area contributed by atoms with E-state index in [1.807, 2.05) is 0 Å². The molecule has 0 aliphatic rings. The summed E-state index contributed by atoms with van der Waals surface area (Å²) in [7, 11) is -4.03. The third kappa shape index (κ3) is 7.66. The van der Waals surface area contributed by atoms with Crippen LogP contribution in [0.1, 0.15) is 38.8 Å². The number of nitrogens with zero attached hydrogens (tertiary/aromatic N) is 3. The zero-order chi connectivity index (χ0) is 27.4. The molecule has 1 atom stereocenters. The number of nitro groups is 1. The Morgan fingerprint density at radius 1 is 1.17 bits per heavy atom. The summed E-state index contributed by atoms with van der Waals surface area (Å²) in [5.74, 6) is -1.11. The van der Waals surface area contributed by atoms with Crippen LogP contribution in [0.5, 0.6) is 0 Å². The number of carbonyl (C=O) groups is 2. The van der Waals surface area contributed by atoms with Gasteiger partial charge in [0, 0.05) is 29.2 Å². The standard InChI is InChI=1S/C24H31ClN4O6S/c1-16-11-12-19(29(32)33)13-21(16)28(36(6,34)35)15-22(30)27(14-18-9-7-8-10-20(18)25)17(2)23(31)26-24(3,4)5/h7-13,17H,14-15H2,1-6H3,(H,26,31). The second-order valence-corrected chi connectivity index (χ2v) is 11.8. The SMILES string of the molecule is Cc1ccc([N+](=O)[O-])cc1N(CC(=O)N(Cc1ccccc1Cl)C(C)C(=O)NC(C)(C)C)S(C)(=O)=O. The maximum Gasteiger partial charge on any atom is 0.271 e. The molecule has 0 spiro atoms. The fourth-order valence-electron chi connectivity index (χ4n) is 3.44. The summed E-state index contributed by atoms with van der Waals surface area (Å²) in [5, 5.41) is 14.5. The van der Waals surface area contributed by atoms with Gasteiger partial charge >= 0.3 is 0 Å². The third-order valence-corrected chi connectivity index (χ3v) is 6.81. The van der Waals surface area contributed by atoms with Crippen LogP contribution in [0.4, 0.5) is 11.4 Å². The number of halogens is 1. The van der Waals surface area contributed by atoms with E-state index >= 15 is 0 Å². The Morgan fingerprint density at radius 2 is 1.78 bits per heavy atom. The first kappa shape index (κ1) is 29.1. The van der Waals surface area contributed by atoms with Gasteiger partial charge in [-0.15, -0.1) is 0 Å². The smallest absolute Gasteiger partial charge is 0.271 e. The lowest BCUT2D eigenvalue weighted by molar-refractivity contribution is -0.384. The van der Waals surface area contributed by atoms with Crippen molar-refractivity contribution >= 4 is 44.8 Å². The molecule has 2 rings (SSSR count). The van der Waals surface area contributed by atoms with Crippen LogP contribution in [0.25, 0.3) is 0 Å². The predicted molar refractivity (Wildman–Crippen MR) is 139 cm³/mol. The van der Waals surface area contributed by atoms with E-state index in [4.69, 9.17) is 11.6 Å². The number of benzene rings is 2. The van der Waals surface area contributed by atoms with E-state index in [1.54, 1.807) is 58.9 Å². The maximum absolute atomic E-state index is 13.6. The van der Waals surface area contributed by atoms with Crippen molar-refractivity contribution in [1.29, 1.82) is 0 Å². The van der Waals surface area contributed by atoms with E-state index in [0.717, 1.165) is 16.6 Å². The van der Waals surface area contributed by atoms with Gasteiger partial charge in [0.2, 0.25) is 21.8 Å². The lowest BCUT2D eigenvalue weighted by atomic mass is 10.1. The Labute approximate surface area is 216 Å². The highest BCUT2D eigenvalue weighted by atomic mass is 35.5. The van der Waals surface area contributed by atoms with E-state index in [1.165, 1.54) is 17.0 Å². The van der Waals surface area contributed by atoms with E-state index in [9.17, 15) is 28.1 Å². The van der Waals surface area contributed by atoms with Gasteiger partial charge in [-0.2, -0.15) is 0 Å². The lowest BCUT2D eigenvalue weighted by Gasteiger charge is -2.33. The number of aryl methyl sites for hydroxylation is 1. The summed E-state index contributed by atoms with van der Waals surface area (Å²) >= 11 is 6.30. The number of non-ortho nitro benzene ring substituents is 1. The molecule has 10 nitrogen and oxygen atoms in total. The van der Waals surface area contributed by atoms with Crippen molar-refractivity contribution < 1.29 is 22.9 Å². The van der Waals surface area contributed by atoms with Crippen molar-refractivity contribution in [1.82, 2.24) is 10.2 Å². The second kappa shape index (κ2) is 11.3. The normalized spacial score (nSPS) is 12.5. The van der Waals surface area contributed by atoms with Gasteiger partial charge in [0.15, 0.2) is 0 Å². The van der Waals surface area contributed by atoms with Gasteiger partial charge in [-0.05, 0) is 51.8 Å². The highest BCUT2D eigenvalue weighted by molar-refractivity contribution is 7.92. The maximum atomic E-state index is 13.6. The monoisotopic (exact) mass is 538 g/mol. The molecule has 1 N–H and O–H groups in total. The summed E-state index contributed by atoms with van der Waals surface area (Å²) in [6, 6.07) is 9.62. The molecule has 0 radical (unpaired) electrons. The fraction of sp³-hybridized carbons (Fsp3) is 0.417. The number of nitro benzene ring substituents is 1. The Balaban J connectivity index is 2.51.